The van der Waals surface area contributed by atoms with Crippen molar-refractivity contribution >= 4 is 46.6 Å². The number of nitrogens with one attached hydrogen (secondary N) is 1. The molecule has 3 amide bonds. The van der Waals surface area contributed by atoms with Gasteiger partial charge in [0.2, 0.25) is 17.7 Å². The van der Waals surface area contributed by atoms with Gasteiger partial charge in [-0.25, -0.2) is 0 Å². The SMILES string of the molecule is O=C(CN1C(=O)C2C3C=CC(C3)C2C1=O)Nc1ccc(Cl)c(Cl)c1. The van der Waals surface area contributed by atoms with E-state index in [9.17, 15) is 14.4 Å². The highest BCUT2D eigenvalue weighted by Crippen LogP contribution is 2.52. The van der Waals surface area contributed by atoms with Gasteiger partial charge < -0.3 is 5.32 Å². The maximum atomic E-state index is 12.5. The Hall–Kier alpha value is -1.85. The van der Waals surface area contributed by atoms with E-state index in [1.807, 2.05) is 12.2 Å². The van der Waals surface area contributed by atoms with Crippen molar-refractivity contribution in [1.82, 2.24) is 4.90 Å². The predicted molar refractivity (Wildman–Crippen MR) is 89.5 cm³/mol. The number of likely N-dealkylation sites (tertiary alicyclic amines) is 1. The molecule has 1 aliphatic heterocycles. The van der Waals surface area contributed by atoms with E-state index in [2.05, 4.69) is 5.32 Å². The largest absolute Gasteiger partial charge is 0.324 e. The zero-order valence-electron chi connectivity index (χ0n) is 12.5. The molecule has 1 aromatic rings. The van der Waals surface area contributed by atoms with Gasteiger partial charge in [-0.1, -0.05) is 35.4 Å². The Labute approximate surface area is 148 Å². The average Bonchev–Trinajstić information content (AvgIpc) is 3.21. The lowest BCUT2D eigenvalue weighted by Gasteiger charge is -2.17. The van der Waals surface area contributed by atoms with Gasteiger partial charge in [-0.15, -0.1) is 0 Å². The summed E-state index contributed by atoms with van der Waals surface area (Å²) < 4.78 is 0. The summed E-state index contributed by atoms with van der Waals surface area (Å²) in [6, 6.07) is 4.70. The number of benzene rings is 1. The Kier molecular flexibility index (Phi) is 3.66. The van der Waals surface area contributed by atoms with Gasteiger partial charge in [0.25, 0.3) is 0 Å². The number of imide groups is 1. The minimum Gasteiger partial charge on any atom is -0.324 e. The molecule has 5 nitrogen and oxygen atoms in total. The minimum absolute atomic E-state index is 0.139. The third kappa shape index (κ3) is 2.34. The molecule has 2 aliphatic carbocycles. The number of halogens is 2. The first-order chi connectivity index (χ1) is 11.5. The number of allylic oxidation sites excluding steroid dienone is 2. The van der Waals surface area contributed by atoms with Crippen LogP contribution in [0, 0.1) is 23.7 Å². The number of rotatable bonds is 3. The molecule has 7 heteroatoms. The van der Waals surface area contributed by atoms with Gasteiger partial charge in [-0.2, -0.15) is 0 Å². The molecule has 4 unspecified atom stereocenters. The molecule has 0 spiro atoms. The monoisotopic (exact) mass is 364 g/mol. The van der Waals surface area contributed by atoms with Crippen LogP contribution in [0.3, 0.4) is 0 Å². The molecule has 1 aromatic carbocycles. The van der Waals surface area contributed by atoms with Crippen LogP contribution in [0.25, 0.3) is 0 Å². The Balaban J connectivity index is 1.46. The normalized spacial score (nSPS) is 30.2. The number of nitrogens with zero attached hydrogens (tertiary/aromatic N) is 1. The molecule has 4 rings (SSSR count). The molecule has 1 N–H and O–H groups in total. The van der Waals surface area contributed by atoms with Crippen molar-refractivity contribution in [2.75, 3.05) is 11.9 Å². The molecule has 1 heterocycles. The first-order valence-corrected chi connectivity index (χ1v) is 8.50. The highest BCUT2D eigenvalue weighted by atomic mass is 35.5. The summed E-state index contributed by atoms with van der Waals surface area (Å²) in [6.45, 7) is -0.273. The summed E-state index contributed by atoms with van der Waals surface area (Å²) in [5.41, 5.74) is 0.468. The Morgan fingerprint density at radius 1 is 1.08 bits per heavy atom. The highest BCUT2D eigenvalue weighted by Gasteiger charge is 2.59. The Morgan fingerprint density at radius 2 is 1.71 bits per heavy atom. The molecule has 24 heavy (non-hydrogen) atoms. The molecule has 2 fully saturated rings. The number of hydrogen-bond donors (Lipinski definition) is 1. The summed E-state index contributed by atoms with van der Waals surface area (Å²) in [6.07, 6.45) is 4.92. The van der Waals surface area contributed by atoms with E-state index in [0.717, 1.165) is 11.3 Å². The fraction of sp³-hybridized carbons (Fsp3) is 0.353. The number of fused-ring (bicyclic) bond motifs is 5. The Morgan fingerprint density at radius 3 is 2.29 bits per heavy atom. The van der Waals surface area contributed by atoms with Gasteiger partial charge in [0.1, 0.15) is 6.54 Å². The summed E-state index contributed by atoms with van der Waals surface area (Å²) in [4.78, 5) is 38.4. The van der Waals surface area contributed by atoms with Gasteiger partial charge >= 0.3 is 0 Å². The topological polar surface area (TPSA) is 66.5 Å². The lowest BCUT2D eigenvalue weighted by atomic mass is 9.85. The van der Waals surface area contributed by atoms with Crippen molar-refractivity contribution in [1.29, 1.82) is 0 Å². The molecule has 1 saturated heterocycles. The van der Waals surface area contributed by atoms with E-state index in [1.165, 1.54) is 6.07 Å². The van der Waals surface area contributed by atoms with E-state index in [0.29, 0.717) is 15.7 Å². The van der Waals surface area contributed by atoms with E-state index in [4.69, 9.17) is 23.2 Å². The van der Waals surface area contributed by atoms with Crippen LogP contribution in [0.2, 0.25) is 10.0 Å². The number of hydrogen-bond acceptors (Lipinski definition) is 3. The fourth-order valence-electron chi connectivity index (χ4n) is 4.04. The molecule has 2 bridgehead atoms. The van der Waals surface area contributed by atoms with Crippen LogP contribution in [0.15, 0.2) is 30.4 Å². The van der Waals surface area contributed by atoms with Crippen LogP contribution in [0.5, 0.6) is 0 Å². The lowest BCUT2D eigenvalue weighted by molar-refractivity contribution is -0.143. The van der Waals surface area contributed by atoms with Gasteiger partial charge in [-0.05, 0) is 36.5 Å². The minimum atomic E-state index is -0.435. The first-order valence-electron chi connectivity index (χ1n) is 7.74. The van der Waals surface area contributed by atoms with E-state index in [-0.39, 0.29) is 42.0 Å². The summed E-state index contributed by atoms with van der Waals surface area (Å²) in [7, 11) is 0. The maximum Gasteiger partial charge on any atom is 0.244 e. The second kappa shape index (κ2) is 5.60. The average molecular weight is 365 g/mol. The lowest BCUT2D eigenvalue weighted by Crippen LogP contribution is -2.39. The van der Waals surface area contributed by atoms with Crippen LogP contribution < -0.4 is 5.32 Å². The summed E-state index contributed by atoms with van der Waals surface area (Å²) in [5.74, 6) is -1.19. The van der Waals surface area contributed by atoms with Crippen LogP contribution in [-0.4, -0.2) is 29.2 Å². The molecule has 4 atom stereocenters. The van der Waals surface area contributed by atoms with E-state index in [1.54, 1.807) is 12.1 Å². The predicted octanol–water partition coefficient (Wildman–Crippen LogP) is 2.74. The third-order valence-electron chi connectivity index (χ3n) is 5.07. The number of carbonyl (C=O) groups excluding carboxylic acids is 3. The Bertz CT molecular complexity index is 762. The van der Waals surface area contributed by atoms with Crippen LogP contribution in [-0.2, 0) is 14.4 Å². The quantitative estimate of drug-likeness (QED) is 0.662. The van der Waals surface area contributed by atoms with Gasteiger partial charge in [0, 0.05) is 5.69 Å². The van der Waals surface area contributed by atoms with Crippen molar-refractivity contribution in [3.8, 4) is 0 Å². The molecule has 0 aromatic heterocycles. The summed E-state index contributed by atoms with van der Waals surface area (Å²) >= 11 is 11.7. The molecule has 0 radical (unpaired) electrons. The number of carbonyl (C=O) groups is 3. The van der Waals surface area contributed by atoms with E-state index >= 15 is 0 Å². The van der Waals surface area contributed by atoms with Crippen molar-refractivity contribution in [3.63, 3.8) is 0 Å². The standard InChI is InChI=1S/C17H14Cl2N2O3/c18-11-4-3-10(6-12(11)19)20-13(22)7-21-16(23)14-8-1-2-9(5-8)15(14)17(21)24/h1-4,6,8-9,14-15H,5,7H2,(H,20,22). The maximum absolute atomic E-state index is 12.5. The summed E-state index contributed by atoms with van der Waals surface area (Å²) in [5, 5.41) is 3.34. The second-order valence-corrected chi connectivity index (χ2v) is 7.25. The first kappa shape index (κ1) is 15.7. The van der Waals surface area contributed by atoms with Crippen LogP contribution in [0.1, 0.15) is 6.42 Å². The zero-order chi connectivity index (χ0) is 17.0. The third-order valence-corrected chi connectivity index (χ3v) is 5.81. The number of anilines is 1. The van der Waals surface area contributed by atoms with Crippen molar-refractivity contribution < 1.29 is 14.4 Å². The van der Waals surface area contributed by atoms with Gasteiger partial charge in [0.15, 0.2) is 0 Å². The fourth-order valence-corrected chi connectivity index (χ4v) is 4.34. The van der Waals surface area contributed by atoms with Crippen LogP contribution in [0.4, 0.5) is 5.69 Å². The zero-order valence-corrected chi connectivity index (χ0v) is 14.1. The van der Waals surface area contributed by atoms with Gasteiger partial charge in [0.05, 0.1) is 21.9 Å². The van der Waals surface area contributed by atoms with E-state index < -0.39 is 5.91 Å². The van der Waals surface area contributed by atoms with Crippen molar-refractivity contribution in [2.45, 2.75) is 6.42 Å². The van der Waals surface area contributed by atoms with Crippen LogP contribution >= 0.6 is 23.2 Å². The molecular weight excluding hydrogens is 351 g/mol. The van der Waals surface area contributed by atoms with Gasteiger partial charge in [-0.3, -0.25) is 19.3 Å². The van der Waals surface area contributed by atoms with Crippen molar-refractivity contribution in [3.05, 3.63) is 40.4 Å². The molecule has 3 aliphatic rings. The number of amides is 3. The molecule has 124 valence electrons. The second-order valence-electron chi connectivity index (χ2n) is 6.44. The highest BCUT2D eigenvalue weighted by molar-refractivity contribution is 6.42. The van der Waals surface area contributed by atoms with Crippen molar-refractivity contribution in [2.24, 2.45) is 23.7 Å². The molecular formula is C17H14Cl2N2O3. The smallest absolute Gasteiger partial charge is 0.244 e. The molecule has 1 saturated carbocycles.